The Labute approximate surface area is 140 Å². The predicted octanol–water partition coefficient (Wildman–Crippen LogP) is 4.21. The minimum absolute atomic E-state index is 0.398. The number of amides is 1. The molecule has 1 aliphatic rings. The second kappa shape index (κ2) is 5.82. The van der Waals surface area contributed by atoms with Crippen LogP contribution < -0.4 is 4.90 Å². The van der Waals surface area contributed by atoms with Crippen LogP contribution in [0.2, 0.25) is 5.02 Å². The van der Waals surface area contributed by atoms with Gasteiger partial charge in [0.1, 0.15) is 0 Å². The van der Waals surface area contributed by atoms with Crippen molar-refractivity contribution >= 4 is 44.8 Å². The first-order valence-corrected chi connectivity index (χ1v) is 7.70. The number of aliphatic imine (C=N–C) groups is 1. The van der Waals surface area contributed by atoms with Crippen LogP contribution in [0.4, 0.5) is 10.1 Å². The molecule has 0 aromatic heterocycles. The number of hydrogen-bond acceptors (Lipinski definition) is 2. The Morgan fingerprint density at radius 1 is 1.23 bits per heavy atom. The smallest absolute Gasteiger partial charge is 0.284 e. The molecule has 0 saturated heterocycles. The summed E-state index contributed by atoms with van der Waals surface area (Å²) in [6.07, 6.45) is -1.95. The number of fused-ring (bicyclic) bond motifs is 1. The molecule has 2 aromatic carbocycles. The fraction of sp³-hybridized carbons (Fsp3) is 0.125. The molecule has 1 heterocycles. The van der Waals surface area contributed by atoms with E-state index in [9.17, 15) is 9.18 Å². The number of benzene rings is 2. The van der Waals surface area contributed by atoms with Crippen LogP contribution in [0.25, 0.3) is 0 Å². The minimum atomic E-state index is -1.95. The third-order valence-electron chi connectivity index (χ3n) is 3.48. The molecule has 0 bridgehead atoms. The summed E-state index contributed by atoms with van der Waals surface area (Å²) in [6.45, 7) is 0. The molecule has 3 rings (SSSR count). The van der Waals surface area contributed by atoms with Gasteiger partial charge in [0.2, 0.25) is 0 Å². The van der Waals surface area contributed by atoms with Crippen LogP contribution in [0.5, 0.6) is 0 Å². The number of carbonyl (C=O) groups is 1. The second-order valence-corrected chi connectivity index (χ2v) is 6.14. The van der Waals surface area contributed by atoms with Crippen molar-refractivity contribution in [1.29, 1.82) is 0 Å². The molecule has 3 nitrogen and oxygen atoms in total. The molecule has 1 unspecified atom stereocenters. The van der Waals surface area contributed by atoms with E-state index >= 15 is 0 Å². The highest BCUT2D eigenvalue weighted by atomic mass is 79.9. The van der Waals surface area contributed by atoms with Crippen LogP contribution in [0.3, 0.4) is 0 Å². The van der Waals surface area contributed by atoms with Crippen LogP contribution >= 0.6 is 27.5 Å². The molecule has 6 heteroatoms. The Kier molecular flexibility index (Phi) is 4.02. The van der Waals surface area contributed by atoms with Crippen LogP contribution in [0, 0.1) is 0 Å². The number of nitrogens with zero attached hydrogens (tertiary/aromatic N) is 2. The monoisotopic (exact) mass is 380 g/mol. The third-order valence-corrected chi connectivity index (χ3v) is 4.41. The standard InChI is InChI=1S/C16H11BrClFN2O/c1-21-13-7-6-9(18)8-11(13)14(20-15(19)16(21)22)10-4-2-3-5-12(10)17/h2-8,15H,1H3. The summed E-state index contributed by atoms with van der Waals surface area (Å²) < 4.78 is 15.0. The van der Waals surface area contributed by atoms with Crippen LogP contribution in [0.1, 0.15) is 11.1 Å². The van der Waals surface area contributed by atoms with Gasteiger partial charge in [0.05, 0.1) is 11.4 Å². The molecule has 1 aliphatic heterocycles. The van der Waals surface area contributed by atoms with E-state index in [4.69, 9.17) is 11.6 Å². The molecule has 2 aromatic rings. The van der Waals surface area contributed by atoms with Gasteiger partial charge in [0.25, 0.3) is 12.2 Å². The van der Waals surface area contributed by atoms with Gasteiger partial charge in [-0.05, 0) is 24.3 Å². The van der Waals surface area contributed by atoms with Gasteiger partial charge in [-0.1, -0.05) is 45.7 Å². The summed E-state index contributed by atoms with van der Waals surface area (Å²) in [7, 11) is 1.53. The molecule has 22 heavy (non-hydrogen) atoms. The molecule has 0 N–H and O–H groups in total. The van der Waals surface area contributed by atoms with Gasteiger partial charge < -0.3 is 4.90 Å². The first-order valence-electron chi connectivity index (χ1n) is 6.53. The van der Waals surface area contributed by atoms with Gasteiger partial charge in [-0.3, -0.25) is 4.79 Å². The summed E-state index contributed by atoms with van der Waals surface area (Å²) in [6, 6.07) is 12.4. The van der Waals surface area contributed by atoms with E-state index in [1.54, 1.807) is 18.2 Å². The van der Waals surface area contributed by atoms with E-state index in [1.165, 1.54) is 11.9 Å². The lowest BCUT2D eigenvalue weighted by Crippen LogP contribution is -2.32. The molecular formula is C16H11BrClFN2O. The zero-order valence-corrected chi connectivity index (χ0v) is 13.9. The van der Waals surface area contributed by atoms with Gasteiger partial charge in [0, 0.05) is 27.7 Å². The van der Waals surface area contributed by atoms with Gasteiger partial charge in [0.15, 0.2) is 0 Å². The van der Waals surface area contributed by atoms with Gasteiger partial charge >= 0.3 is 0 Å². The topological polar surface area (TPSA) is 32.7 Å². The Hall–Kier alpha value is -1.72. The van der Waals surface area contributed by atoms with Crippen molar-refractivity contribution in [3.8, 4) is 0 Å². The molecule has 1 amide bonds. The van der Waals surface area contributed by atoms with E-state index < -0.39 is 12.2 Å². The van der Waals surface area contributed by atoms with Gasteiger partial charge in [-0.15, -0.1) is 0 Å². The number of halogens is 3. The van der Waals surface area contributed by atoms with Crippen molar-refractivity contribution < 1.29 is 9.18 Å². The number of alkyl halides is 1. The Bertz CT molecular complexity index is 793. The molecule has 0 fully saturated rings. The lowest BCUT2D eigenvalue weighted by atomic mass is 10.0. The third kappa shape index (κ3) is 2.55. The van der Waals surface area contributed by atoms with Crippen molar-refractivity contribution in [2.75, 3.05) is 11.9 Å². The Morgan fingerprint density at radius 2 is 1.95 bits per heavy atom. The SMILES string of the molecule is CN1C(=O)C(F)N=C(c2ccccc2Br)c2cc(Cl)ccc21. The van der Waals surface area contributed by atoms with E-state index in [0.29, 0.717) is 27.5 Å². The highest BCUT2D eigenvalue weighted by molar-refractivity contribution is 9.10. The van der Waals surface area contributed by atoms with Crippen molar-refractivity contribution in [2.24, 2.45) is 4.99 Å². The zero-order valence-electron chi connectivity index (χ0n) is 11.6. The fourth-order valence-electron chi connectivity index (χ4n) is 2.37. The maximum Gasteiger partial charge on any atom is 0.284 e. The number of carbonyl (C=O) groups excluding carboxylic acids is 1. The van der Waals surface area contributed by atoms with Crippen molar-refractivity contribution in [3.05, 3.63) is 63.1 Å². The normalized spacial score (nSPS) is 17.8. The first-order chi connectivity index (χ1) is 10.5. The number of benzodiazepines with no additional fused rings is 1. The predicted molar refractivity (Wildman–Crippen MR) is 89.5 cm³/mol. The number of rotatable bonds is 1. The van der Waals surface area contributed by atoms with E-state index in [1.807, 2.05) is 24.3 Å². The molecule has 0 aliphatic carbocycles. The van der Waals surface area contributed by atoms with Crippen molar-refractivity contribution in [2.45, 2.75) is 6.30 Å². The second-order valence-electron chi connectivity index (χ2n) is 4.85. The van der Waals surface area contributed by atoms with Crippen LogP contribution in [-0.4, -0.2) is 25.0 Å². The zero-order chi connectivity index (χ0) is 15.9. The first kappa shape index (κ1) is 15.2. The summed E-state index contributed by atoms with van der Waals surface area (Å²) in [5.74, 6) is -0.703. The number of hydrogen-bond donors (Lipinski definition) is 0. The lowest BCUT2D eigenvalue weighted by Gasteiger charge is -2.18. The number of likely N-dealkylation sites (N-methyl/N-ethyl adjacent to an activating group) is 1. The molecule has 1 atom stereocenters. The van der Waals surface area contributed by atoms with Crippen molar-refractivity contribution in [1.82, 2.24) is 0 Å². The molecule has 0 radical (unpaired) electrons. The van der Waals surface area contributed by atoms with E-state index in [2.05, 4.69) is 20.9 Å². The molecule has 112 valence electrons. The lowest BCUT2D eigenvalue weighted by molar-refractivity contribution is -0.122. The summed E-state index contributed by atoms with van der Waals surface area (Å²) >= 11 is 9.52. The van der Waals surface area contributed by atoms with E-state index in [-0.39, 0.29) is 0 Å². The van der Waals surface area contributed by atoms with Crippen LogP contribution in [-0.2, 0) is 4.79 Å². The highest BCUT2D eigenvalue weighted by Gasteiger charge is 2.30. The highest BCUT2D eigenvalue weighted by Crippen LogP contribution is 2.32. The Balaban J connectivity index is 2.31. The van der Waals surface area contributed by atoms with Gasteiger partial charge in [-0.2, -0.15) is 0 Å². The molecule has 0 spiro atoms. The summed E-state index contributed by atoms with van der Waals surface area (Å²) in [4.78, 5) is 17.3. The van der Waals surface area contributed by atoms with Gasteiger partial charge in [-0.25, -0.2) is 9.38 Å². The minimum Gasteiger partial charge on any atom is -0.311 e. The maximum atomic E-state index is 14.2. The average Bonchev–Trinajstić information content (AvgIpc) is 2.59. The fourth-order valence-corrected chi connectivity index (χ4v) is 3.02. The number of anilines is 1. The maximum absolute atomic E-state index is 14.2. The Morgan fingerprint density at radius 3 is 2.68 bits per heavy atom. The molecule has 0 saturated carbocycles. The summed E-state index contributed by atoms with van der Waals surface area (Å²) in [5, 5.41) is 0.497. The summed E-state index contributed by atoms with van der Waals surface area (Å²) in [5.41, 5.74) is 2.30. The van der Waals surface area contributed by atoms with Crippen LogP contribution in [0.15, 0.2) is 51.9 Å². The average molecular weight is 382 g/mol. The van der Waals surface area contributed by atoms with E-state index in [0.717, 1.165) is 4.47 Å². The van der Waals surface area contributed by atoms with Crippen molar-refractivity contribution in [3.63, 3.8) is 0 Å². The molecular weight excluding hydrogens is 371 g/mol. The largest absolute Gasteiger partial charge is 0.311 e. The quantitative estimate of drug-likeness (QED) is 0.681.